The van der Waals surface area contributed by atoms with Crippen molar-refractivity contribution in [1.29, 1.82) is 0 Å². The number of carbonyl (C=O) groups excluding carboxylic acids is 2. The number of anilines is 1. The van der Waals surface area contributed by atoms with E-state index in [-0.39, 0.29) is 18.5 Å². The Bertz CT molecular complexity index is 557. The maximum atomic E-state index is 12.2. The number of hydrogen-bond acceptors (Lipinski definition) is 5. The second-order valence-electron chi connectivity index (χ2n) is 5.81. The summed E-state index contributed by atoms with van der Waals surface area (Å²) >= 11 is 1.86. The first-order valence-corrected chi connectivity index (χ1v) is 9.44. The number of amides is 3. The van der Waals surface area contributed by atoms with Gasteiger partial charge in [0.2, 0.25) is 5.91 Å². The molecule has 0 aromatic carbocycles. The standard InChI is InChI=1S/C16H23N5O2S/c22-15(20-9-11-24-12-10-20)13-18-16(23)21-7-5-19(6-8-21)14-3-1-2-4-17-14/h1-4H,5-13H2,(H,18,23). The summed E-state index contributed by atoms with van der Waals surface area (Å²) in [6, 6.07) is 5.68. The lowest BCUT2D eigenvalue weighted by Crippen LogP contribution is -2.53. The van der Waals surface area contributed by atoms with E-state index >= 15 is 0 Å². The van der Waals surface area contributed by atoms with Crippen molar-refractivity contribution in [2.75, 3.05) is 62.2 Å². The number of thioether (sulfide) groups is 1. The summed E-state index contributed by atoms with van der Waals surface area (Å²) in [5.41, 5.74) is 0. The summed E-state index contributed by atoms with van der Waals surface area (Å²) < 4.78 is 0. The van der Waals surface area contributed by atoms with Gasteiger partial charge in [-0.2, -0.15) is 11.8 Å². The van der Waals surface area contributed by atoms with Gasteiger partial charge in [0, 0.05) is 57.0 Å². The Morgan fingerprint density at radius 3 is 2.46 bits per heavy atom. The van der Waals surface area contributed by atoms with E-state index in [1.807, 2.05) is 34.9 Å². The van der Waals surface area contributed by atoms with E-state index in [2.05, 4.69) is 15.2 Å². The average Bonchev–Trinajstić information content (AvgIpc) is 2.67. The van der Waals surface area contributed by atoms with Crippen molar-refractivity contribution < 1.29 is 9.59 Å². The van der Waals surface area contributed by atoms with Crippen LogP contribution in [0.4, 0.5) is 10.6 Å². The van der Waals surface area contributed by atoms with Crippen LogP contribution < -0.4 is 10.2 Å². The number of nitrogens with one attached hydrogen (secondary N) is 1. The SMILES string of the molecule is O=C(CNC(=O)N1CCN(c2ccccn2)CC1)N1CCSCC1. The van der Waals surface area contributed by atoms with Crippen LogP contribution in [0, 0.1) is 0 Å². The molecule has 0 atom stereocenters. The van der Waals surface area contributed by atoms with Crippen molar-refractivity contribution in [3.63, 3.8) is 0 Å². The van der Waals surface area contributed by atoms with Crippen LogP contribution in [-0.2, 0) is 4.79 Å². The molecule has 2 aliphatic rings. The van der Waals surface area contributed by atoms with Gasteiger partial charge in [-0.15, -0.1) is 0 Å². The molecule has 1 N–H and O–H groups in total. The fourth-order valence-electron chi connectivity index (χ4n) is 2.87. The summed E-state index contributed by atoms with van der Waals surface area (Å²) in [6.45, 7) is 4.42. The smallest absolute Gasteiger partial charge is 0.317 e. The van der Waals surface area contributed by atoms with Crippen molar-refractivity contribution in [1.82, 2.24) is 20.1 Å². The van der Waals surface area contributed by atoms with Gasteiger partial charge in [-0.3, -0.25) is 4.79 Å². The molecule has 0 aliphatic carbocycles. The van der Waals surface area contributed by atoms with Crippen LogP contribution in [-0.4, -0.2) is 84.0 Å². The van der Waals surface area contributed by atoms with Crippen LogP contribution in [0.2, 0.25) is 0 Å². The van der Waals surface area contributed by atoms with E-state index in [1.54, 1.807) is 11.1 Å². The molecule has 0 saturated carbocycles. The molecule has 0 bridgehead atoms. The first-order valence-electron chi connectivity index (χ1n) is 8.28. The van der Waals surface area contributed by atoms with E-state index in [1.165, 1.54) is 0 Å². The van der Waals surface area contributed by atoms with Gasteiger partial charge in [0.05, 0.1) is 6.54 Å². The molecule has 2 fully saturated rings. The quantitative estimate of drug-likeness (QED) is 0.860. The second-order valence-corrected chi connectivity index (χ2v) is 7.04. The molecule has 3 heterocycles. The molecule has 24 heavy (non-hydrogen) atoms. The molecular formula is C16H23N5O2S. The Balaban J connectivity index is 1.41. The van der Waals surface area contributed by atoms with Crippen LogP contribution in [0.5, 0.6) is 0 Å². The summed E-state index contributed by atoms with van der Waals surface area (Å²) in [5, 5.41) is 2.76. The van der Waals surface area contributed by atoms with Crippen LogP contribution in [0.1, 0.15) is 0 Å². The minimum Gasteiger partial charge on any atom is -0.353 e. The number of nitrogens with zero attached hydrogens (tertiary/aromatic N) is 4. The summed E-state index contributed by atoms with van der Waals surface area (Å²) in [5.74, 6) is 2.91. The molecule has 0 spiro atoms. The number of piperazine rings is 1. The van der Waals surface area contributed by atoms with Gasteiger partial charge in [0.15, 0.2) is 0 Å². The van der Waals surface area contributed by atoms with E-state index in [0.717, 1.165) is 43.5 Å². The van der Waals surface area contributed by atoms with Gasteiger partial charge < -0.3 is 20.0 Å². The zero-order chi connectivity index (χ0) is 16.8. The highest BCUT2D eigenvalue weighted by atomic mass is 32.2. The monoisotopic (exact) mass is 349 g/mol. The molecular weight excluding hydrogens is 326 g/mol. The lowest BCUT2D eigenvalue weighted by atomic mass is 10.3. The van der Waals surface area contributed by atoms with Crippen molar-refractivity contribution in [2.24, 2.45) is 0 Å². The Hall–Kier alpha value is -1.96. The Morgan fingerprint density at radius 1 is 1.04 bits per heavy atom. The third kappa shape index (κ3) is 4.31. The van der Waals surface area contributed by atoms with E-state index in [4.69, 9.17) is 0 Å². The number of carbonyl (C=O) groups is 2. The molecule has 0 unspecified atom stereocenters. The number of rotatable bonds is 3. The normalized spacial score (nSPS) is 18.4. The largest absolute Gasteiger partial charge is 0.353 e. The third-order valence-electron chi connectivity index (χ3n) is 4.29. The van der Waals surface area contributed by atoms with Crippen molar-refractivity contribution in [2.45, 2.75) is 0 Å². The predicted octanol–water partition coefficient (Wildman–Crippen LogP) is 0.489. The fourth-order valence-corrected chi connectivity index (χ4v) is 3.77. The predicted molar refractivity (Wildman–Crippen MR) is 95.3 cm³/mol. The molecule has 8 heteroatoms. The van der Waals surface area contributed by atoms with E-state index < -0.39 is 0 Å². The Kier molecular flexibility index (Phi) is 5.79. The molecule has 1 aromatic rings. The van der Waals surface area contributed by atoms with Gasteiger partial charge in [-0.05, 0) is 12.1 Å². The second kappa shape index (κ2) is 8.23. The number of hydrogen-bond donors (Lipinski definition) is 1. The van der Waals surface area contributed by atoms with Crippen LogP contribution in [0.15, 0.2) is 24.4 Å². The first kappa shape index (κ1) is 16.9. The fraction of sp³-hybridized carbons (Fsp3) is 0.562. The molecule has 1 aromatic heterocycles. The summed E-state index contributed by atoms with van der Waals surface area (Å²) in [7, 11) is 0. The number of aromatic nitrogens is 1. The highest BCUT2D eigenvalue weighted by molar-refractivity contribution is 7.99. The zero-order valence-electron chi connectivity index (χ0n) is 13.7. The summed E-state index contributed by atoms with van der Waals surface area (Å²) in [4.78, 5) is 34.4. The van der Waals surface area contributed by atoms with Gasteiger partial charge in [0.1, 0.15) is 5.82 Å². The van der Waals surface area contributed by atoms with Gasteiger partial charge >= 0.3 is 6.03 Å². The zero-order valence-corrected chi connectivity index (χ0v) is 14.5. The molecule has 3 rings (SSSR count). The maximum Gasteiger partial charge on any atom is 0.317 e. The van der Waals surface area contributed by atoms with Crippen molar-refractivity contribution in [3.05, 3.63) is 24.4 Å². The average molecular weight is 349 g/mol. The van der Waals surface area contributed by atoms with Crippen LogP contribution in [0.25, 0.3) is 0 Å². The first-order chi connectivity index (χ1) is 11.7. The highest BCUT2D eigenvalue weighted by Gasteiger charge is 2.23. The molecule has 3 amide bonds. The molecule has 2 saturated heterocycles. The number of urea groups is 1. The molecule has 0 radical (unpaired) electrons. The summed E-state index contributed by atoms with van der Waals surface area (Å²) in [6.07, 6.45) is 1.78. The van der Waals surface area contributed by atoms with Crippen molar-refractivity contribution in [3.8, 4) is 0 Å². The van der Waals surface area contributed by atoms with E-state index in [0.29, 0.717) is 13.1 Å². The van der Waals surface area contributed by atoms with Crippen molar-refractivity contribution >= 4 is 29.5 Å². The van der Waals surface area contributed by atoms with Gasteiger partial charge in [-0.25, -0.2) is 9.78 Å². The number of pyridine rings is 1. The molecule has 7 nitrogen and oxygen atoms in total. The highest BCUT2D eigenvalue weighted by Crippen LogP contribution is 2.12. The van der Waals surface area contributed by atoms with E-state index in [9.17, 15) is 9.59 Å². The minimum absolute atomic E-state index is 0.00997. The van der Waals surface area contributed by atoms with Gasteiger partial charge in [0.25, 0.3) is 0 Å². The maximum absolute atomic E-state index is 12.2. The molecule has 2 aliphatic heterocycles. The van der Waals surface area contributed by atoms with Crippen LogP contribution >= 0.6 is 11.8 Å². The topological polar surface area (TPSA) is 68.8 Å². The lowest BCUT2D eigenvalue weighted by molar-refractivity contribution is -0.129. The Morgan fingerprint density at radius 2 is 1.79 bits per heavy atom. The third-order valence-corrected chi connectivity index (χ3v) is 5.24. The van der Waals surface area contributed by atoms with Crippen LogP contribution in [0.3, 0.4) is 0 Å². The minimum atomic E-state index is -0.157. The Labute approximate surface area is 146 Å². The molecule has 130 valence electrons. The van der Waals surface area contributed by atoms with Gasteiger partial charge in [-0.1, -0.05) is 6.07 Å². The lowest BCUT2D eigenvalue weighted by Gasteiger charge is -2.35.